The Kier molecular flexibility index (Phi) is 7.85. The average Bonchev–Trinajstić information content (AvgIpc) is 2.71. The van der Waals surface area contributed by atoms with Crippen LogP contribution in [0.2, 0.25) is 0 Å². The molecule has 0 heterocycles. The fraction of sp³-hybridized carbons (Fsp3) is 0.286. The average molecular weight is 381 g/mol. The first-order valence-electron chi connectivity index (χ1n) is 9.02. The van der Waals surface area contributed by atoms with E-state index < -0.39 is 5.91 Å². The first kappa shape index (κ1) is 20.8. The lowest BCUT2D eigenvalue weighted by Crippen LogP contribution is -2.18. The maximum absolute atomic E-state index is 12.5. The van der Waals surface area contributed by atoms with Gasteiger partial charge in [0.05, 0.1) is 37.7 Å². The summed E-state index contributed by atoms with van der Waals surface area (Å²) in [6, 6.07) is 12.1. The zero-order chi connectivity index (χ0) is 20.4. The van der Waals surface area contributed by atoms with Crippen LogP contribution in [0.15, 0.2) is 41.5 Å². The molecule has 0 bridgehead atoms. The van der Waals surface area contributed by atoms with Crippen LogP contribution in [0.1, 0.15) is 42.3 Å². The van der Waals surface area contributed by atoms with E-state index >= 15 is 0 Å². The molecule has 7 nitrogen and oxygen atoms in total. The summed E-state index contributed by atoms with van der Waals surface area (Å²) >= 11 is 0. The Labute approximate surface area is 164 Å². The van der Waals surface area contributed by atoms with E-state index in [0.717, 1.165) is 5.56 Å². The molecule has 0 saturated heterocycles. The van der Waals surface area contributed by atoms with E-state index in [9.17, 15) is 4.79 Å². The Bertz CT molecular complexity index is 843. The smallest absolute Gasteiger partial charge is 0.271 e. The SMILES string of the molecule is CCOc1cc(C(=O)N/N=C\c2ccc(C#N)cc2)cc(OCC)c1OCC. The van der Waals surface area contributed by atoms with Crippen LogP contribution in [-0.2, 0) is 0 Å². The van der Waals surface area contributed by atoms with Crippen molar-refractivity contribution in [2.24, 2.45) is 5.10 Å². The molecular weight excluding hydrogens is 358 g/mol. The van der Waals surface area contributed by atoms with Crippen molar-refractivity contribution >= 4 is 12.1 Å². The van der Waals surface area contributed by atoms with Crippen LogP contribution in [0, 0.1) is 11.3 Å². The summed E-state index contributed by atoms with van der Waals surface area (Å²) in [6.45, 7) is 6.86. The van der Waals surface area contributed by atoms with Crippen molar-refractivity contribution in [1.82, 2.24) is 5.43 Å². The normalized spacial score (nSPS) is 10.4. The molecule has 0 atom stereocenters. The molecule has 0 aliphatic rings. The Morgan fingerprint density at radius 3 is 2.11 bits per heavy atom. The third-order valence-electron chi connectivity index (χ3n) is 3.59. The molecule has 0 unspecified atom stereocenters. The summed E-state index contributed by atoms with van der Waals surface area (Å²) in [5.41, 5.74) is 4.14. The predicted molar refractivity (Wildman–Crippen MR) is 106 cm³/mol. The second-order valence-corrected chi connectivity index (χ2v) is 5.53. The van der Waals surface area contributed by atoms with Gasteiger partial charge in [0.2, 0.25) is 5.75 Å². The molecule has 0 aliphatic carbocycles. The molecule has 28 heavy (non-hydrogen) atoms. The summed E-state index contributed by atoms with van der Waals surface area (Å²) in [5.74, 6) is 0.951. The summed E-state index contributed by atoms with van der Waals surface area (Å²) in [6.07, 6.45) is 1.50. The molecule has 0 aliphatic heterocycles. The Hall–Kier alpha value is -3.53. The number of amides is 1. The van der Waals surface area contributed by atoms with Gasteiger partial charge in [0, 0.05) is 5.56 Å². The van der Waals surface area contributed by atoms with Crippen LogP contribution in [0.4, 0.5) is 0 Å². The number of hydrazone groups is 1. The molecule has 146 valence electrons. The zero-order valence-corrected chi connectivity index (χ0v) is 16.2. The molecule has 2 aromatic carbocycles. The molecule has 1 N–H and O–H groups in total. The lowest BCUT2D eigenvalue weighted by atomic mass is 10.1. The van der Waals surface area contributed by atoms with E-state index in [1.807, 2.05) is 26.8 Å². The number of nitriles is 1. The number of ether oxygens (including phenoxy) is 3. The van der Waals surface area contributed by atoms with E-state index in [4.69, 9.17) is 19.5 Å². The standard InChI is InChI=1S/C21H23N3O4/c1-4-26-18-11-17(12-19(27-5-2)20(18)28-6-3)21(25)24-23-14-16-9-7-15(13-22)8-10-16/h7-12,14H,4-6H2,1-3H3,(H,24,25)/b23-14-. The summed E-state index contributed by atoms with van der Waals surface area (Å²) in [4.78, 5) is 12.5. The van der Waals surface area contributed by atoms with Crippen LogP contribution in [0.5, 0.6) is 17.2 Å². The van der Waals surface area contributed by atoms with Gasteiger partial charge >= 0.3 is 0 Å². The number of nitrogens with one attached hydrogen (secondary N) is 1. The topological polar surface area (TPSA) is 92.9 Å². The van der Waals surface area contributed by atoms with E-state index in [2.05, 4.69) is 10.5 Å². The monoisotopic (exact) mass is 381 g/mol. The van der Waals surface area contributed by atoms with Gasteiger partial charge in [-0.15, -0.1) is 0 Å². The van der Waals surface area contributed by atoms with Crippen LogP contribution < -0.4 is 19.6 Å². The maximum Gasteiger partial charge on any atom is 0.271 e. The molecule has 0 radical (unpaired) electrons. The second kappa shape index (κ2) is 10.6. The van der Waals surface area contributed by atoms with E-state index in [1.165, 1.54) is 6.21 Å². The minimum Gasteiger partial charge on any atom is -0.490 e. The number of nitrogens with zero attached hydrogens (tertiary/aromatic N) is 2. The quantitative estimate of drug-likeness (QED) is 0.530. The third-order valence-corrected chi connectivity index (χ3v) is 3.59. The van der Waals surface area contributed by atoms with Crippen molar-refractivity contribution in [1.29, 1.82) is 5.26 Å². The van der Waals surface area contributed by atoms with Gasteiger partial charge in [-0.05, 0) is 50.6 Å². The fourth-order valence-electron chi connectivity index (χ4n) is 2.39. The molecule has 1 amide bonds. The van der Waals surface area contributed by atoms with Crippen LogP contribution >= 0.6 is 0 Å². The molecule has 0 fully saturated rings. The molecule has 7 heteroatoms. The second-order valence-electron chi connectivity index (χ2n) is 5.53. The number of hydrogen-bond donors (Lipinski definition) is 1. The highest BCUT2D eigenvalue weighted by molar-refractivity contribution is 5.96. The highest BCUT2D eigenvalue weighted by Crippen LogP contribution is 2.39. The first-order valence-corrected chi connectivity index (χ1v) is 9.02. The van der Waals surface area contributed by atoms with Crippen molar-refractivity contribution in [3.63, 3.8) is 0 Å². The Morgan fingerprint density at radius 1 is 1.04 bits per heavy atom. The number of hydrogen-bond acceptors (Lipinski definition) is 6. The predicted octanol–water partition coefficient (Wildman–Crippen LogP) is 3.52. The van der Waals surface area contributed by atoms with E-state index in [1.54, 1.807) is 36.4 Å². The summed E-state index contributed by atoms with van der Waals surface area (Å²) in [5, 5.41) is 12.8. The van der Waals surface area contributed by atoms with E-state index in [0.29, 0.717) is 48.2 Å². The highest BCUT2D eigenvalue weighted by atomic mass is 16.5. The number of benzene rings is 2. The molecule has 0 saturated carbocycles. The highest BCUT2D eigenvalue weighted by Gasteiger charge is 2.18. The number of rotatable bonds is 9. The van der Waals surface area contributed by atoms with Gasteiger partial charge in [-0.3, -0.25) is 4.79 Å². The van der Waals surface area contributed by atoms with Crippen molar-refractivity contribution in [2.75, 3.05) is 19.8 Å². The van der Waals surface area contributed by atoms with Crippen molar-refractivity contribution < 1.29 is 19.0 Å². The fourth-order valence-corrected chi connectivity index (χ4v) is 2.39. The van der Waals surface area contributed by atoms with Crippen LogP contribution in [0.3, 0.4) is 0 Å². The maximum atomic E-state index is 12.5. The van der Waals surface area contributed by atoms with Crippen molar-refractivity contribution in [2.45, 2.75) is 20.8 Å². The Morgan fingerprint density at radius 2 is 1.61 bits per heavy atom. The molecule has 2 aromatic rings. The lowest BCUT2D eigenvalue weighted by Gasteiger charge is -2.16. The van der Waals surface area contributed by atoms with Gasteiger partial charge in [0.15, 0.2) is 11.5 Å². The van der Waals surface area contributed by atoms with Crippen LogP contribution in [-0.4, -0.2) is 31.9 Å². The van der Waals surface area contributed by atoms with E-state index in [-0.39, 0.29) is 0 Å². The molecular formula is C21H23N3O4. The van der Waals surface area contributed by atoms with Crippen molar-refractivity contribution in [3.8, 4) is 23.3 Å². The van der Waals surface area contributed by atoms with Gasteiger partial charge < -0.3 is 14.2 Å². The van der Waals surface area contributed by atoms with Gasteiger partial charge in [0.25, 0.3) is 5.91 Å². The molecule has 0 aromatic heterocycles. The number of carbonyl (C=O) groups excluding carboxylic acids is 1. The van der Waals surface area contributed by atoms with Crippen LogP contribution in [0.25, 0.3) is 0 Å². The van der Waals surface area contributed by atoms with Gasteiger partial charge in [0.1, 0.15) is 0 Å². The summed E-state index contributed by atoms with van der Waals surface area (Å²) < 4.78 is 16.9. The van der Waals surface area contributed by atoms with Crippen molar-refractivity contribution in [3.05, 3.63) is 53.1 Å². The van der Waals surface area contributed by atoms with Gasteiger partial charge in [-0.2, -0.15) is 10.4 Å². The minimum absolute atomic E-state index is 0.340. The number of carbonyl (C=O) groups is 1. The first-order chi connectivity index (χ1) is 13.6. The zero-order valence-electron chi connectivity index (χ0n) is 16.2. The summed E-state index contributed by atoms with van der Waals surface area (Å²) in [7, 11) is 0. The largest absolute Gasteiger partial charge is 0.490 e. The lowest BCUT2D eigenvalue weighted by molar-refractivity contribution is 0.0954. The molecule has 0 spiro atoms. The third kappa shape index (κ3) is 5.48. The van der Waals surface area contributed by atoms with Gasteiger partial charge in [-0.25, -0.2) is 5.43 Å². The minimum atomic E-state index is -0.408. The molecule has 2 rings (SSSR count). The Balaban J connectivity index is 2.20. The van der Waals surface area contributed by atoms with Gasteiger partial charge in [-0.1, -0.05) is 12.1 Å².